The molecule has 1 heterocycles. The van der Waals surface area contributed by atoms with Crippen molar-refractivity contribution in [3.8, 4) is 5.75 Å². The quantitative estimate of drug-likeness (QED) is 0.788. The molecular weight excluding hydrogens is 274 g/mol. The van der Waals surface area contributed by atoms with Crippen LogP contribution in [0.3, 0.4) is 0 Å². The van der Waals surface area contributed by atoms with E-state index >= 15 is 0 Å². The number of alkyl carbamates (subject to hydrolysis) is 1. The summed E-state index contributed by atoms with van der Waals surface area (Å²) >= 11 is 0. The fourth-order valence-electron chi connectivity index (χ4n) is 1.76. The SMILES string of the molecule is CC(C)(C)OC(=O)NC1(C(=O)Nc2cnccc2O)CC1. The highest BCUT2D eigenvalue weighted by atomic mass is 16.6. The first-order chi connectivity index (χ1) is 9.72. The molecule has 1 aliphatic rings. The molecule has 114 valence electrons. The van der Waals surface area contributed by atoms with E-state index in [0.717, 1.165) is 0 Å². The smallest absolute Gasteiger partial charge is 0.408 e. The predicted molar refractivity (Wildman–Crippen MR) is 75.9 cm³/mol. The maximum Gasteiger partial charge on any atom is 0.408 e. The van der Waals surface area contributed by atoms with Crippen molar-refractivity contribution in [2.24, 2.45) is 0 Å². The van der Waals surface area contributed by atoms with Crippen LogP contribution in [-0.2, 0) is 9.53 Å². The molecule has 1 fully saturated rings. The Morgan fingerprint density at radius 1 is 1.38 bits per heavy atom. The highest BCUT2D eigenvalue weighted by molar-refractivity contribution is 6.02. The van der Waals surface area contributed by atoms with E-state index in [1.807, 2.05) is 0 Å². The highest BCUT2D eigenvalue weighted by Gasteiger charge is 2.52. The summed E-state index contributed by atoms with van der Waals surface area (Å²) in [5, 5.41) is 14.8. The number of hydrogen-bond acceptors (Lipinski definition) is 5. The van der Waals surface area contributed by atoms with E-state index in [4.69, 9.17) is 4.74 Å². The third-order valence-corrected chi connectivity index (χ3v) is 2.97. The predicted octanol–water partition coefficient (Wildman–Crippen LogP) is 1.78. The van der Waals surface area contributed by atoms with Crippen molar-refractivity contribution in [1.29, 1.82) is 0 Å². The van der Waals surface area contributed by atoms with Gasteiger partial charge in [0.25, 0.3) is 0 Å². The van der Waals surface area contributed by atoms with E-state index in [9.17, 15) is 14.7 Å². The molecule has 1 aromatic heterocycles. The monoisotopic (exact) mass is 293 g/mol. The third-order valence-electron chi connectivity index (χ3n) is 2.97. The van der Waals surface area contributed by atoms with Crippen LogP contribution in [0.25, 0.3) is 0 Å². The first-order valence-electron chi connectivity index (χ1n) is 6.67. The number of rotatable bonds is 3. The number of nitrogens with one attached hydrogen (secondary N) is 2. The summed E-state index contributed by atoms with van der Waals surface area (Å²) < 4.78 is 5.15. The van der Waals surface area contributed by atoms with E-state index in [1.165, 1.54) is 18.5 Å². The Morgan fingerprint density at radius 2 is 2.05 bits per heavy atom. The molecule has 3 N–H and O–H groups in total. The Hall–Kier alpha value is -2.31. The van der Waals surface area contributed by atoms with Crippen molar-refractivity contribution < 1.29 is 19.4 Å². The van der Waals surface area contributed by atoms with Gasteiger partial charge in [0.2, 0.25) is 5.91 Å². The summed E-state index contributed by atoms with van der Waals surface area (Å²) in [6, 6.07) is 1.37. The molecule has 2 rings (SSSR count). The normalized spacial score (nSPS) is 16.0. The molecule has 0 bridgehead atoms. The third kappa shape index (κ3) is 3.84. The van der Waals surface area contributed by atoms with E-state index < -0.39 is 23.1 Å². The Kier molecular flexibility index (Phi) is 3.76. The molecule has 1 aromatic rings. The summed E-state index contributed by atoms with van der Waals surface area (Å²) in [5.41, 5.74) is -1.39. The molecule has 2 amide bonds. The average molecular weight is 293 g/mol. The molecule has 7 heteroatoms. The lowest BCUT2D eigenvalue weighted by Gasteiger charge is -2.23. The lowest BCUT2D eigenvalue weighted by Crippen LogP contribution is -2.47. The number of hydrogen-bond donors (Lipinski definition) is 3. The second kappa shape index (κ2) is 5.23. The first kappa shape index (κ1) is 15.1. The zero-order valence-electron chi connectivity index (χ0n) is 12.3. The maximum absolute atomic E-state index is 12.2. The van der Waals surface area contributed by atoms with Crippen molar-refractivity contribution >= 4 is 17.7 Å². The van der Waals surface area contributed by atoms with Gasteiger partial charge in [0, 0.05) is 12.3 Å². The minimum atomic E-state index is -0.968. The molecule has 0 aliphatic heterocycles. The molecule has 21 heavy (non-hydrogen) atoms. The van der Waals surface area contributed by atoms with Crippen LogP contribution in [0, 0.1) is 0 Å². The van der Waals surface area contributed by atoms with Gasteiger partial charge in [-0.3, -0.25) is 9.78 Å². The number of ether oxygens (including phenoxy) is 1. The van der Waals surface area contributed by atoms with Crippen LogP contribution in [0.1, 0.15) is 33.6 Å². The van der Waals surface area contributed by atoms with Gasteiger partial charge >= 0.3 is 6.09 Å². The zero-order valence-corrected chi connectivity index (χ0v) is 12.3. The first-order valence-corrected chi connectivity index (χ1v) is 6.67. The Bertz CT molecular complexity index is 562. The summed E-state index contributed by atoms with van der Waals surface area (Å²) in [6.07, 6.45) is 3.18. The molecule has 0 atom stereocenters. The fourth-order valence-corrected chi connectivity index (χ4v) is 1.76. The van der Waals surface area contributed by atoms with Gasteiger partial charge in [-0.25, -0.2) is 4.79 Å². The maximum atomic E-state index is 12.2. The number of aromatic nitrogens is 1. The van der Waals surface area contributed by atoms with Crippen LogP contribution in [-0.4, -0.2) is 33.2 Å². The van der Waals surface area contributed by atoms with Crippen LogP contribution in [0.15, 0.2) is 18.5 Å². The second-order valence-electron chi connectivity index (χ2n) is 6.06. The van der Waals surface area contributed by atoms with Gasteiger partial charge in [-0.2, -0.15) is 0 Å². The molecule has 0 saturated heterocycles. The van der Waals surface area contributed by atoms with Gasteiger partial charge in [-0.05, 0) is 33.6 Å². The largest absolute Gasteiger partial charge is 0.506 e. The molecule has 0 spiro atoms. The zero-order chi connectivity index (χ0) is 15.7. The minimum Gasteiger partial charge on any atom is -0.506 e. The van der Waals surface area contributed by atoms with E-state index in [1.54, 1.807) is 20.8 Å². The minimum absolute atomic E-state index is 0.0774. The van der Waals surface area contributed by atoms with Gasteiger partial charge in [-0.1, -0.05) is 0 Å². The standard InChI is InChI=1S/C14H19N3O4/c1-13(2,3)21-12(20)17-14(5-6-14)11(19)16-9-8-15-7-4-10(9)18/h4,7-8H,5-6H2,1-3H3,(H,15,18)(H,16,19)(H,17,20). The lowest BCUT2D eigenvalue weighted by molar-refractivity contribution is -0.119. The molecule has 0 unspecified atom stereocenters. The number of aromatic hydroxyl groups is 1. The Balaban J connectivity index is 1.99. The highest BCUT2D eigenvalue weighted by Crippen LogP contribution is 2.37. The van der Waals surface area contributed by atoms with Crippen LogP contribution >= 0.6 is 0 Å². The summed E-state index contributed by atoms with van der Waals surface area (Å²) in [7, 11) is 0. The van der Waals surface area contributed by atoms with Crippen molar-refractivity contribution in [3.63, 3.8) is 0 Å². The van der Waals surface area contributed by atoms with Crippen molar-refractivity contribution in [2.45, 2.75) is 44.8 Å². The lowest BCUT2D eigenvalue weighted by atomic mass is 10.2. The number of nitrogens with zero attached hydrogens (tertiary/aromatic N) is 1. The van der Waals surface area contributed by atoms with Gasteiger partial charge in [0.15, 0.2) is 0 Å². The molecule has 0 aromatic carbocycles. The Morgan fingerprint density at radius 3 is 2.57 bits per heavy atom. The number of anilines is 1. The van der Waals surface area contributed by atoms with Gasteiger partial charge in [0.1, 0.15) is 22.6 Å². The van der Waals surface area contributed by atoms with Gasteiger partial charge in [0.05, 0.1) is 6.20 Å². The van der Waals surface area contributed by atoms with Crippen LogP contribution in [0.2, 0.25) is 0 Å². The molecule has 0 radical (unpaired) electrons. The summed E-state index contributed by atoms with van der Waals surface area (Å²) in [6.45, 7) is 5.25. The molecular formula is C14H19N3O4. The average Bonchev–Trinajstić information content (AvgIpc) is 3.10. The number of carbonyl (C=O) groups excluding carboxylic acids is 2. The number of carbonyl (C=O) groups is 2. The molecule has 7 nitrogen and oxygen atoms in total. The summed E-state index contributed by atoms with van der Waals surface area (Å²) in [4.78, 5) is 27.8. The second-order valence-corrected chi connectivity index (χ2v) is 6.06. The van der Waals surface area contributed by atoms with Crippen molar-refractivity contribution in [3.05, 3.63) is 18.5 Å². The summed E-state index contributed by atoms with van der Waals surface area (Å²) in [5.74, 6) is -0.469. The Labute approximate surface area is 122 Å². The van der Waals surface area contributed by atoms with E-state index in [2.05, 4.69) is 15.6 Å². The van der Waals surface area contributed by atoms with Crippen molar-refractivity contribution in [1.82, 2.24) is 10.3 Å². The van der Waals surface area contributed by atoms with Crippen LogP contribution in [0.4, 0.5) is 10.5 Å². The fraction of sp³-hybridized carbons (Fsp3) is 0.500. The molecule has 1 saturated carbocycles. The molecule has 1 aliphatic carbocycles. The van der Waals surface area contributed by atoms with Crippen molar-refractivity contribution in [2.75, 3.05) is 5.32 Å². The van der Waals surface area contributed by atoms with E-state index in [-0.39, 0.29) is 11.4 Å². The van der Waals surface area contributed by atoms with Gasteiger partial charge < -0.3 is 20.5 Å². The number of pyridine rings is 1. The van der Waals surface area contributed by atoms with Crippen LogP contribution < -0.4 is 10.6 Å². The topological polar surface area (TPSA) is 101 Å². The van der Waals surface area contributed by atoms with Gasteiger partial charge in [-0.15, -0.1) is 0 Å². The van der Waals surface area contributed by atoms with Crippen LogP contribution in [0.5, 0.6) is 5.75 Å². The van der Waals surface area contributed by atoms with E-state index in [0.29, 0.717) is 12.8 Å². The number of amides is 2.